The first-order valence-corrected chi connectivity index (χ1v) is 9.00. The van der Waals surface area contributed by atoms with Crippen molar-refractivity contribution in [2.75, 3.05) is 0 Å². The van der Waals surface area contributed by atoms with Gasteiger partial charge in [-0.15, -0.1) is 0 Å². The maximum Gasteiger partial charge on any atom is 0.217 e. The third-order valence-electron chi connectivity index (χ3n) is 4.81. The van der Waals surface area contributed by atoms with E-state index < -0.39 is 0 Å². The summed E-state index contributed by atoms with van der Waals surface area (Å²) in [5, 5.41) is 2.96. The zero-order valence-electron chi connectivity index (χ0n) is 14.7. The van der Waals surface area contributed by atoms with Crippen molar-refractivity contribution in [1.29, 1.82) is 0 Å². The Morgan fingerprint density at radius 2 is 1.64 bits per heavy atom. The van der Waals surface area contributed by atoms with Crippen molar-refractivity contribution in [3.63, 3.8) is 0 Å². The number of hydrogen-bond donors (Lipinski definition) is 2. The van der Waals surface area contributed by atoms with Crippen molar-refractivity contribution >= 4 is 5.91 Å². The molecule has 0 bridgehead atoms. The van der Waals surface area contributed by atoms with Gasteiger partial charge in [-0.25, -0.2) is 0 Å². The summed E-state index contributed by atoms with van der Waals surface area (Å²) in [6, 6.07) is 8.81. The van der Waals surface area contributed by atoms with Gasteiger partial charge in [0.05, 0.1) is 0 Å². The van der Waals surface area contributed by atoms with E-state index in [2.05, 4.69) is 27.4 Å². The van der Waals surface area contributed by atoms with Gasteiger partial charge in [0.1, 0.15) is 0 Å². The van der Waals surface area contributed by atoms with Crippen LogP contribution in [0.1, 0.15) is 42.3 Å². The minimum Gasteiger partial charge on any atom is -0.353 e. The molecule has 5 heteroatoms. The van der Waals surface area contributed by atoms with Crippen LogP contribution < -0.4 is 11.1 Å². The SMILES string of the molecule is CC(=O)N[C@@H]1CCc2ncccc2C1.N[C@H]1CCc2ncccc2C1. The van der Waals surface area contributed by atoms with E-state index in [4.69, 9.17) is 5.73 Å². The third kappa shape index (κ3) is 4.86. The topological polar surface area (TPSA) is 80.9 Å². The molecule has 25 heavy (non-hydrogen) atoms. The molecule has 2 atom stereocenters. The second-order valence-corrected chi connectivity index (χ2v) is 6.86. The second-order valence-electron chi connectivity index (χ2n) is 6.86. The van der Waals surface area contributed by atoms with E-state index in [1.54, 1.807) is 6.92 Å². The van der Waals surface area contributed by atoms with E-state index in [1.807, 2.05) is 24.5 Å². The Kier molecular flexibility index (Phi) is 5.76. The number of hydrogen-bond acceptors (Lipinski definition) is 4. The van der Waals surface area contributed by atoms with Gasteiger partial charge >= 0.3 is 0 Å². The minimum absolute atomic E-state index is 0.0577. The number of aryl methyl sites for hydroxylation is 2. The fraction of sp³-hybridized carbons (Fsp3) is 0.450. The summed E-state index contributed by atoms with van der Waals surface area (Å²) < 4.78 is 0. The van der Waals surface area contributed by atoms with Crippen LogP contribution in [0.3, 0.4) is 0 Å². The second kappa shape index (κ2) is 8.21. The van der Waals surface area contributed by atoms with Gasteiger partial charge in [-0.05, 0) is 61.8 Å². The van der Waals surface area contributed by atoms with Crippen LogP contribution in [0.5, 0.6) is 0 Å². The number of rotatable bonds is 1. The highest BCUT2D eigenvalue weighted by Crippen LogP contribution is 2.19. The number of amides is 1. The predicted octanol–water partition coefficient (Wildman–Crippen LogP) is 1.97. The highest BCUT2D eigenvalue weighted by Gasteiger charge is 2.19. The molecule has 5 nitrogen and oxygen atoms in total. The Hall–Kier alpha value is -2.27. The van der Waals surface area contributed by atoms with Crippen molar-refractivity contribution in [2.24, 2.45) is 5.73 Å². The molecular weight excluding hydrogens is 312 g/mol. The minimum atomic E-state index is 0.0577. The average molecular weight is 338 g/mol. The van der Waals surface area contributed by atoms with Gasteiger partial charge in [0.25, 0.3) is 0 Å². The summed E-state index contributed by atoms with van der Waals surface area (Å²) in [6.07, 6.45) is 9.73. The number of aromatic nitrogens is 2. The Bertz CT molecular complexity index is 731. The Balaban J connectivity index is 0.000000150. The first-order valence-electron chi connectivity index (χ1n) is 9.00. The molecule has 3 N–H and O–H groups in total. The molecule has 0 saturated carbocycles. The predicted molar refractivity (Wildman–Crippen MR) is 98.1 cm³/mol. The van der Waals surface area contributed by atoms with Crippen molar-refractivity contribution < 1.29 is 4.79 Å². The van der Waals surface area contributed by atoms with Crippen LogP contribution >= 0.6 is 0 Å². The Morgan fingerprint density at radius 1 is 1.04 bits per heavy atom. The normalized spacial score (nSPS) is 21.2. The van der Waals surface area contributed by atoms with Crippen LogP contribution in [0.2, 0.25) is 0 Å². The summed E-state index contributed by atoms with van der Waals surface area (Å²) in [5.74, 6) is 0.0577. The molecule has 132 valence electrons. The highest BCUT2D eigenvalue weighted by molar-refractivity contribution is 5.73. The zero-order valence-corrected chi connectivity index (χ0v) is 14.7. The first kappa shape index (κ1) is 17.5. The zero-order chi connectivity index (χ0) is 17.6. The summed E-state index contributed by atoms with van der Waals surface area (Å²) in [5.41, 5.74) is 10.9. The van der Waals surface area contributed by atoms with Crippen molar-refractivity contribution in [3.8, 4) is 0 Å². The van der Waals surface area contributed by atoms with E-state index in [0.717, 1.165) is 38.5 Å². The van der Waals surface area contributed by atoms with Crippen molar-refractivity contribution in [2.45, 2.75) is 57.5 Å². The lowest BCUT2D eigenvalue weighted by Crippen LogP contribution is -2.37. The molecule has 2 aromatic rings. The molecule has 2 heterocycles. The van der Waals surface area contributed by atoms with Gasteiger partial charge < -0.3 is 11.1 Å². The molecule has 4 rings (SSSR count). The average Bonchev–Trinajstić information content (AvgIpc) is 2.61. The summed E-state index contributed by atoms with van der Waals surface area (Å²) in [4.78, 5) is 19.5. The van der Waals surface area contributed by atoms with Gasteiger partial charge in [-0.3, -0.25) is 14.8 Å². The number of carbonyl (C=O) groups is 1. The quantitative estimate of drug-likeness (QED) is 0.833. The van der Waals surface area contributed by atoms with Gasteiger partial charge in [-0.2, -0.15) is 0 Å². The monoisotopic (exact) mass is 338 g/mol. The maximum absolute atomic E-state index is 10.9. The van der Waals surface area contributed by atoms with Gasteiger partial charge in [0.15, 0.2) is 0 Å². The number of nitrogens with one attached hydrogen (secondary N) is 1. The number of nitrogens with zero attached hydrogens (tertiary/aromatic N) is 2. The fourth-order valence-electron chi connectivity index (χ4n) is 3.56. The highest BCUT2D eigenvalue weighted by atomic mass is 16.1. The molecular formula is C20H26N4O. The molecule has 0 aliphatic heterocycles. The van der Waals surface area contributed by atoms with Crippen molar-refractivity contribution in [3.05, 3.63) is 59.2 Å². The van der Waals surface area contributed by atoms with Gasteiger partial charge in [0, 0.05) is 42.8 Å². The van der Waals surface area contributed by atoms with E-state index in [-0.39, 0.29) is 5.91 Å². The summed E-state index contributed by atoms with van der Waals surface area (Å²) in [7, 11) is 0. The van der Waals surface area contributed by atoms with Crippen LogP contribution in [0.25, 0.3) is 0 Å². The number of nitrogens with two attached hydrogens (primary N) is 1. The summed E-state index contributed by atoms with van der Waals surface area (Å²) >= 11 is 0. The number of carbonyl (C=O) groups excluding carboxylic acids is 1. The van der Waals surface area contributed by atoms with E-state index in [1.165, 1.54) is 22.5 Å². The lowest BCUT2D eigenvalue weighted by Gasteiger charge is -2.23. The lowest BCUT2D eigenvalue weighted by molar-refractivity contribution is -0.119. The third-order valence-corrected chi connectivity index (χ3v) is 4.81. The molecule has 0 fully saturated rings. The van der Waals surface area contributed by atoms with E-state index in [9.17, 15) is 4.79 Å². The molecule has 2 aromatic heterocycles. The van der Waals surface area contributed by atoms with E-state index in [0.29, 0.717) is 12.1 Å². The molecule has 2 aliphatic carbocycles. The molecule has 0 saturated heterocycles. The van der Waals surface area contributed by atoms with Gasteiger partial charge in [-0.1, -0.05) is 12.1 Å². The lowest BCUT2D eigenvalue weighted by atomic mass is 9.92. The van der Waals surface area contributed by atoms with Crippen LogP contribution in [0.15, 0.2) is 36.7 Å². The molecule has 0 unspecified atom stereocenters. The van der Waals surface area contributed by atoms with Crippen LogP contribution in [-0.4, -0.2) is 28.0 Å². The smallest absolute Gasteiger partial charge is 0.217 e. The largest absolute Gasteiger partial charge is 0.353 e. The van der Waals surface area contributed by atoms with Gasteiger partial charge in [0.2, 0.25) is 5.91 Å². The molecule has 0 radical (unpaired) electrons. The van der Waals surface area contributed by atoms with Crippen molar-refractivity contribution in [1.82, 2.24) is 15.3 Å². The Morgan fingerprint density at radius 3 is 2.28 bits per heavy atom. The summed E-state index contributed by atoms with van der Waals surface area (Å²) in [6.45, 7) is 1.57. The first-order chi connectivity index (χ1) is 12.1. The Labute approximate surface area is 149 Å². The van der Waals surface area contributed by atoms with Crippen LogP contribution in [0, 0.1) is 0 Å². The number of pyridine rings is 2. The maximum atomic E-state index is 10.9. The van der Waals surface area contributed by atoms with Crippen LogP contribution in [0.4, 0.5) is 0 Å². The van der Waals surface area contributed by atoms with E-state index >= 15 is 0 Å². The standard InChI is InChI=1S/C11H14N2O.C9H12N2/c1-8(14)13-10-4-5-11-9(7-10)3-2-6-12-11;10-8-3-4-9-7(6-8)2-1-5-11-9/h2-3,6,10H,4-5,7H2,1H3,(H,13,14);1-2,5,8H,3-4,6,10H2/t10-;8-/m10/s1. The van der Waals surface area contributed by atoms with Crippen LogP contribution in [-0.2, 0) is 30.5 Å². The molecule has 1 amide bonds. The molecule has 2 aliphatic rings. The molecule has 0 spiro atoms. The molecule has 0 aromatic carbocycles. The number of fused-ring (bicyclic) bond motifs is 2. The fourth-order valence-corrected chi connectivity index (χ4v) is 3.56.